The molecule has 1 aliphatic rings. The minimum atomic E-state index is -3.39. The number of aliphatic hydroxyl groups is 1. The van der Waals surface area contributed by atoms with Crippen LogP contribution >= 0.6 is 29.7 Å². The molecule has 8 heteroatoms. The van der Waals surface area contributed by atoms with Crippen LogP contribution in [0.25, 0.3) is 0 Å². The zero-order valence-corrected chi connectivity index (χ0v) is 8.70. The standard InChI is InChI=1S/C4H9O5PS2/c5-1-2-7-10(6)8-3-4-11-12-9-10/h5H,1-4H2. The van der Waals surface area contributed by atoms with Crippen LogP contribution in [-0.2, 0) is 17.6 Å². The molecule has 1 unspecified atom stereocenters. The number of phosphoric ester groups is 1. The molecule has 0 saturated carbocycles. The second-order valence-electron chi connectivity index (χ2n) is 1.80. The Hall–Kier alpha value is 0.770. The topological polar surface area (TPSA) is 65.0 Å². The van der Waals surface area contributed by atoms with Crippen molar-refractivity contribution in [3.8, 4) is 0 Å². The summed E-state index contributed by atoms with van der Waals surface area (Å²) in [6, 6.07) is 0. The highest BCUT2D eigenvalue weighted by atomic mass is 33.1. The molecule has 1 aliphatic heterocycles. The van der Waals surface area contributed by atoms with Gasteiger partial charge in [-0.05, 0) is 0 Å². The zero-order chi connectivity index (χ0) is 8.86. The highest BCUT2D eigenvalue weighted by Crippen LogP contribution is 2.56. The summed E-state index contributed by atoms with van der Waals surface area (Å²) in [6.07, 6.45) is 0. The van der Waals surface area contributed by atoms with Gasteiger partial charge in [-0.15, -0.1) is 0 Å². The molecule has 0 spiro atoms. The first-order chi connectivity index (χ1) is 5.77. The van der Waals surface area contributed by atoms with Crippen molar-refractivity contribution in [2.45, 2.75) is 0 Å². The van der Waals surface area contributed by atoms with Crippen LogP contribution in [0.1, 0.15) is 0 Å². The molecular formula is C4H9O5PS2. The SMILES string of the molecule is O=P1(OCCO)OCCSSO1. The summed E-state index contributed by atoms with van der Waals surface area (Å²) in [7, 11) is -1.99. The highest BCUT2D eigenvalue weighted by molar-refractivity contribution is 8.75. The Morgan fingerprint density at radius 3 is 3.25 bits per heavy atom. The van der Waals surface area contributed by atoms with Crippen molar-refractivity contribution in [3.05, 3.63) is 0 Å². The van der Waals surface area contributed by atoms with E-state index < -0.39 is 7.82 Å². The van der Waals surface area contributed by atoms with Crippen LogP contribution in [0.3, 0.4) is 0 Å². The van der Waals surface area contributed by atoms with E-state index in [2.05, 4.69) is 0 Å². The summed E-state index contributed by atoms with van der Waals surface area (Å²) in [6.45, 7) is 0.0946. The van der Waals surface area contributed by atoms with Crippen molar-refractivity contribution in [3.63, 3.8) is 0 Å². The van der Waals surface area contributed by atoms with E-state index in [0.29, 0.717) is 12.4 Å². The number of phosphoric acid groups is 1. The summed E-state index contributed by atoms with van der Waals surface area (Å²) < 4.78 is 25.7. The molecule has 1 rings (SSSR count). The molecule has 0 aromatic carbocycles. The zero-order valence-electron chi connectivity index (χ0n) is 6.17. The van der Waals surface area contributed by atoms with Crippen LogP contribution in [0.5, 0.6) is 0 Å². The quantitative estimate of drug-likeness (QED) is 0.448. The van der Waals surface area contributed by atoms with E-state index in [0.717, 1.165) is 11.1 Å². The Labute approximate surface area is 78.4 Å². The maximum atomic E-state index is 11.4. The first-order valence-electron chi connectivity index (χ1n) is 3.25. The van der Waals surface area contributed by atoms with Crippen LogP contribution in [0, 0.1) is 0 Å². The Morgan fingerprint density at radius 2 is 2.50 bits per heavy atom. The molecule has 1 fully saturated rings. The number of rotatable bonds is 3. The van der Waals surface area contributed by atoms with Crippen LogP contribution in [0.2, 0.25) is 0 Å². The van der Waals surface area contributed by atoms with Gasteiger partial charge in [0.2, 0.25) is 0 Å². The van der Waals surface area contributed by atoms with Crippen LogP contribution < -0.4 is 0 Å². The van der Waals surface area contributed by atoms with E-state index in [1.54, 1.807) is 0 Å². The third kappa shape index (κ3) is 3.66. The van der Waals surface area contributed by atoms with E-state index >= 15 is 0 Å². The molecule has 72 valence electrons. The Kier molecular flexibility index (Phi) is 4.96. The van der Waals surface area contributed by atoms with Gasteiger partial charge in [0.1, 0.15) is 0 Å². The molecule has 1 heterocycles. The number of hydrogen-bond donors (Lipinski definition) is 1. The molecule has 1 atom stereocenters. The maximum absolute atomic E-state index is 11.4. The molecule has 0 bridgehead atoms. The fourth-order valence-electron chi connectivity index (χ4n) is 0.509. The second-order valence-corrected chi connectivity index (χ2v) is 5.70. The Bertz CT molecular complexity index is 165. The van der Waals surface area contributed by atoms with Crippen molar-refractivity contribution in [2.75, 3.05) is 25.6 Å². The Balaban J connectivity index is 2.38. The van der Waals surface area contributed by atoms with Gasteiger partial charge >= 0.3 is 7.82 Å². The van der Waals surface area contributed by atoms with E-state index in [1.807, 2.05) is 0 Å². The third-order valence-electron chi connectivity index (χ3n) is 0.927. The van der Waals surface area contributed by atoms with Gasteiger partial charge in [0.25, 0.3) is 0 Å². The summed E-state index contributed by atoms with van der Waals surface area (Å²) >= 11 is 0.995. The molecule has 0 aromatic rings. The number of aliphatic hydroxyl groups excluding tert-OH is 1. The van der Waals surface area contributed by atoms with Crippen molar-refractivity contribution in [1.29, 1.82) is 0 Å². The molecule has 0 radical (unpaired) electrons. The molecule has 0 aromatic heterocycles. The highest BCUT2D eigenvalue weighted by Gasteiger charge is 2.29. The Morgan fingerprint density at radius 1 is 1.67 bits per heavy atom. The minimum absolute atomic E-state index is 0.0392. The fourth-order valence-corrected chi connectivity index (χ4v) is 3.83. The lowest BCUT2D eigenvalue weighted by atomic mass is 10.8. The monoisotopic (exact) mass is 232 g/mol. The largest absolute Gasteiger partial charge is 0.486 e. The van der Waals surface area contributed by atoms with Crippen LogP contribution in [0.15, 0.2) is 0 Å². The van der Waals surface area contributed by atoms with Gasteiger partial charge in [-0.1, -0.05) is 10.8 Å². The molecule has 1 N–H and O–H groups in total. The summed E-state index contributed by atoms with van der Waals surface area (Å²) in [5, 5.41) is 8.41. The summed E-state index contributed by atoms with van der Waals surface area (Å²) in [5.74, 6) is 0.705. The first-order valence-corrected chi connectivity index (χ1v) is 6.95. The van der Waals surface area contributed by atoms with Gasteiger partial charge in [0.05, 0.1) is 30.9 Å². The lowest BCUT2D eigenvalue weighted by Crippen LogP contribution is -2.01. The lowest BCUT2D eigenvalue weighted by Gasteiger charge is -2.11. The summed E-state index contributed by atoms with van der Waals surface area (Å²) in [5.41, 5.74) is 0. The van der Waals surface area contributed by atoms with E-state index in [1.165, 1.54) is 10.8 Å². The second kappa shape index (κ2) is 5.49. The predicted molar refractivity (Wildman–Crippen MR) is 47.7 cm³/mol. The van der Waals surface area contributed by atoms with Gasteiger partial charge < -0.3 is 5.11 Å². The van der Waals surface area contributed by atoms with Crippen LogP contribution in [-0.4, -0.2) is 30.7 Å². The molecular weight excluding hydrogens is 223 g/mol. The van der Waals surface area contributed by atoms with Gasteiger partial charge in [-0.25, -0.2) is 8.54 Å². The van der Waals surface area contributed by atoms with E-state index in [4.69, 9.17) is 18.1 Å². The smallest absolute Gasteiger partial charge is 0.394 e. The van der Waals surface area contributed by atoms with Gasteiger partial charge in [-0.3, -0.25) is 9.05 Å². The lowest BCUT2D eigenvalue weighted by molar-refractivity contribution is 0.138. The molecule has 12 heavy (non-hydrogen) atoms. The average molecular weight is 232 g/mol. The normalized spacial score (nSPS) is 31.4. The maximum Gasteiger partial charge on any atom is 0.486 e. The average Bonchev–Trinajstić information content (AvgIpc) is 2.27. The first kappa shape index (κ1) is 10.8. The van der Waals surface area contributed by atoms with Gasteiger partial charge in [0, 0.05) is 5.75 Å². The van der Waals surface area contributed by atoms with Gasteiger partial charge in [0.15, 0.2) is 0 Å². The molecule has 5 nitrogen and oxygen atoms in total. The third-order valence-corrected chi connectivity index (χ3v) is 4.66. The van der Waals surface area contributed by atoms with Crippen molar-refractivity contribution in [1.82, 2.24) is 0 Å². The fraction of sp³-hybridized carbons (Fsp3) is 1.00. The predicted octanol–water partition coefficient (Wildman–Crippen LogP) is 1.45. The molecule has 1 saturated heterocycles. The van der Waals surface area contributed by atoms with Crippen molar-refractivity contribution >= 4 is 29.7 Å². The van der Waals surface area contributed by atoms with Crippen molar-refractivity contribution in [2.24, 2.45) is 0 Å². The van der Waals surface area contributed by atoms with E-state index in [9.17, 15) is 4.57 Å². The summed E-state index contributed by atoms with van der Waals surface area (Å²) in [4.78, 5) is 0. The molecule has 0 aliphatic carbocycles. The van der Waals surface area contributed by atoms with E-state index in [-0.39, 0.29) is 13.2 Å². The van der Waals surface area contributed by atoms with Gasteiger partial charge in [-0.2, -0.15) is 0 Å². The van der Waals surface area contributed by atoms with Crippen LogP contribution in [0.4, 0.5) is 0 Å². The minimum Gasteiger partial charge on any atom is -0.394 e. The van der Waals surface area contributed by atoms with Crippen molar-refractivity contribution < 1.29 is 22.7 Å². The molecule has 0 amide bonds. The number of hydrogen-bond acceptors (Lipinski definition) is 7.